The van der Waals surface area contributed by atoms with Gasteiger partial charge in [-0.05, 0) is 12.0 Å². The van der Waals surface area contributed by atoms with Gasteiger partial charge in [0.1, 0.15) is 0 Å². The second-order valence-electron chi connectivity index (χ2n) is 5.26. The molecule has 1 N–H and O–H groups in total. The molecule has 1 aromatic rings. The molecule has 2 atom stereocenters. The summed E-state index contributed by atoms with van der Waals surface area (Å²) in [5, 5.41) is 3.29. The zero-order valence-electron chi connectivity index (χ0n) is 12.4. The molecule has 1 unspecified atom stereocenters. The molecular formula is C15H24Cl2F2N2. The number of rotatable bonds is 4. The van der Waals surface area contributed by atoms with Crippen LogP contribution in [0.25, 0.3) is 0 Å². The smallest absolute Gasteiger partial charge is 0.163 e. The SMILES string of the molecule is CCC(C)[C@H](c1cccc(F)c1F)N1CCNCC1.Cl.Cl. The van der Waals surface area contributed by atoms with E-state index in [2.05, 4.69) is 24.1 Å². The summed E-state index contributed by atoms with van der Waals surface area (Å²) in [6.07, 6.45) is 0.949. The first-order valence-electron chi connectivity index (χ1n) is 7.03. The van der Waals surface area contributed by atoms with E-state index in [-0.39, 0.29) is 30.9 Å². The Kier molecular flexibility index (Phi) is 9.38. The number of benzene rings is 1. The van der Waals surface area contributed by atoms with E-state index in [1.165, 1.54) is 6.07 Å². The molecule has 0 radical (unpaired) electrons. The van der Waals surface area contributed by atoms with Crippen LogP contribution in [0.2, 0.25) is 0 Å². The number of halogens is 4. The summed E-state index contributed by atoms with van der Waals surface area (Å²) in [5.41, 5.74) is 0.497. The number of hydrogen-bond donors (Lipinski definition) is 1. The number of hydrogen-bond acceptors (Lipinski definition) is 2. The van der Waals surface area contributed by atoms with Gasteiger partial charge in [-0.3, -0.25) is 4.90 Å². The molecule has 2 nitrogen and oxygen atoms in total. The van der Waals surface area contributed by atoms with E-state index in [1.54, 1.807) is 12.1 Å². The monoisotopic (exact) mass is 340 g/mol. The molecule has 0 amide bonds. The molecular weight excluding hydrogens is 317 g/mol. The number of nitrogens with one attached hydrogen (secondary N) is 1. The number of piperazine rings is 1. The minimum atomic E-state index is -0.749. The van der Waals surface area contributed by atoms with Crippen LogP contribution in [0.1, 0.15) is 31.9 Å². The van der Waals surface area contributed by atoms with Crippen LogP contribution in [0.4, 0.5) is 8.78 Å². The lowest BCUT2D eigenvalue weighted by Gasteiger charge is -2.38. The van der Waals surface area contributed by atoms with E-state index >= 15 is 0 Å². The highest BCUT2D eigenvalue weighted by Crippen LogP contribution is 2.33. The first-order valence-corrected chi connectivity index (χ1v) is 7.03. The maximum atomic E-state index is 14.1. The normalized spacial score (nSPS) is 18.3. The maximum Gasteiger partial charge on any atom is 0.163 e. The van der Waals surface area contributed by atoms with Gasteiger partial charge in [0.15, 0.2) is 11.6 Å². The molecule has 2 rings (SSSR count). The van der Waals surface area contributed by atoms with Crippen LogP contribution in [0.15, 0.2) is 18.2 Å². The summed E-state index contributed by atoms with van der Waals surface area (Å²) in [6.45, 7) is 7.78. The van der Waals surface area contributed by atoms with E-state index in [4.69, 9.17) is 0 Å². The predicted octanol–water partition coefficient (Wildman–Crippen LogP) is 3.80. The van der Waals surface area contributed by atoms with Crippen LogP contribution in [-0.4, -0.2) is 31.1 Å². The third-order valence-electron chi connectivity index (χ3n) is 4.03. The van der Waals surface area contributed by atoms with Crippen molar-refractivity contribution in [3.8, 4) is 0 Å². The molecule has 0 saturated carbocycles. The van der Waals surface area contributed by atoms with Crippen LogP contribution in [0, 0.1) is 17.6 Å². The van der Waals surface area contributed by atoms with Crippen LogP contribution in [-0.2, 0) is 0 Å². The van der Waals surface area contributed by atoms with Gasteiger partial charge in [0.05, 0.1) is 0 Å². The van der Waals surface area contributed by atoms with Gasteiger partial charge in [-0.25, -0.2) is 8.78 Å². The highest BCUT2D eigenvalue weighted by atomic mass is 35.5. The second kappa shape index (κ2) is 9.57. The Hall–Kier alpha value is -0.420. The van der Waals surface area contributed by atoms with Crippen LogP contribution in [0.3, 0.4) is 0 Å². The van der Waals surface area contributed by atoms with E-state index in [0.29, 0.717) is 11.5 Å². The van der Waals surface area contributed by atoms with E-state index < -0.39 is 11.6 Å². The molecule has 0 spiro atoms. The third-order valence-corrected chi connectivity index (χ3v) is 4.03. The predicted molar refractivity (Wildman–Crippen MR) is 87.5 cm³/mol. The van der Waals surface area contributed by atoms with Gasteiger partial charge in [-0.1, -0.05) is 32.4 Å². The van der Waals surface area contributed by atoms with Crippen molar-refractivity contribution in [3.63, 3.8) is 0 Å². The van der Waals surface area contributed by atoms with Crippen molar-refractivity contribution in [1.82, 2.24) is 10.2 Å². The zero-order chi connectivity index (χ0) is 13.8. The van der Waals surface area contributed by atoms with E-state index in [1.807, 2.05) is 0 Å². The standard InChI is InChI=1S/C15H22F2N2.2ClH/c1-3-11(2)15(19-9-7-18-8-10-19)12-5-4-6-13(16)14(12)17;;/h4-6,11,15,18H,3,7-10H2,1-2H3;2*1H/t11?,15-;;/m1../s1. The van der Waals surface area contributed by atoms with Gasteiger partial charge >= 0.3 is 0 Å². The summed E-state index contributed by atoms with van der Waals surface area (Å²) >= 11 is 0. The van der Waals surface area contributed by atoms with Crippen molar-refractivity contribution in [3.05, 3.63) is 35.4 Å². The van der Waals surface area contributed by atoms with Crippen molar-refractivity contribution in [1.29, 1.82) is 0 Å². The molecule has 1 aromatic carbocycles. The van der Waals surface area contributed by atoms with E-state index in [0.717, 1.165) is 32.6 Å². The fourth-order valence-electron chi connectivity index (χ4n) is 2.80. The average Bonchev–Trinajstić information content (AvgIpc) is 2.44. The van der Waals surface area contributed by atoms with Crippen molar-refractivity contribution in [2.45, 2.75) is 26.3 Å². The Balaban J connectivity index is 0.00000200. The average molecular weight is 341 g/mol. The van der Waals surface area contributed by atoms with Gasteiger partial charge in [-0.15, -0.1) is 24.8 Å². The van der Waals surface area contributed by atoms with E-state index in [9.17, 15) is 8.78 Å². The highest BCUT2D eigenvalue weighted by molar-refractivity contribution is 5.85. The number of nitrogens with zero attached hydrogens (tertiary/aromatic N) is 1. The lowest BCUT2D eigenvalue weighted by atomic mass is 9.90. The third kappa shape index (κ3) is 4.78. The molecule has 122 valence electrons. The first kappa shape index (κ1) is 20.6. The molecule has 1 saturated heterocycles. The lowest BCUT2D eigenvalue weighted by molar-refractivity contribution is 0.125. The quantitative estimate of drug-likeness (QED) is 0.896. The van der Waals surface area contributed by atoms with Crippen LogP contribution < -0.4 is 5.32 Å². The molecule has 6 heteroatoms. The first-order chi connectivity index (χ1) is 9.15. The van der Waals surface area contributed by atoms with Crippen molar-refractivity contribution in [2.75, 3.05) is 26.2 Å². The topological polar surface area (TPSA) is 15.3 Å². The Bertz CT molecular complexity index is 426. The van der Waals surface area contributed by atoms with Gasteiger partial charge < -0.3 is 5.32 Å². The van der Waals surface area contributed by atoms with Crippen molar-refractivity contribution in [2.24, 2.45) is 5.92 Å². The van der Waals surface area contributed by atoms with Gasteiger partial charge in [0.2, 0.25) is 0 Å². The largest absolute Gasteiger partial charge is 0.314 e. The fourth-order valence-corrected chi connectivity index (χ4v) is 2.80. The summed E-state index contributed by atoms with van der Waals surface area (Å²) in [7, 11) is 0. The highest BCUT2D eigenvalue weighted by Gasteiger charge is 2.29. The summed E-state index contributed by atoms with van der Waals surface area (Å²) in [5.74, 6) is -1.14. The Morgan fingerprint density at radius 3 is 2.38 bits per heavy atom. The zero-order valence-corrected chi connectivity index (χ0v) is 14.1. The molecule has 1 aliphatic heterocycles. The second-order valence-corrected chi connectivity index (χ2v) is 5.26. The minimum absolute atomic E-state index is 0. The summed E-state index contributed by atoms with van der Waals surface area (Å²) in [6, 6.07) is 4.47. The Morgan fingerprint density at radius 2 is 1.81 bits per heavy atom. The summed E-state index contributed by atoms with van der Waals surface area (Å²) in [4.78, 5) is 2.27. The maximum absolute atomic E-state index is 14.1. The Morgan fingerprint density at radius 1 is 1.19 bits per heavy atom. The van der Waals surface area contributed by atoms with Crippen LogP contribution in [0.5, 0.6) is 0 Å². The fraction of sp³-hybridized carbons (Fsp3) is 0.600. The molecule has 0 aliphatic carbocycles. The van der Waals surface area contributed by atoms with Gasteiger partial charge in [0.25, 0.3) is 0 Å². The van der Waals surface area contributed by atoms with Gasteiger partial charge in [0, 0.05) is 37.8 Å². The van der Waals surface area contributed by atoms with Gasteiger partial charge in [-0.2, -0.15) is 0 Å². The van der Waals surface area contributed by atoms with Crippen molar-refractivity contribution < 1.29 is 8.78 Å². The molecule has 1 heterocycles. The minimum Gasteiger partial charge on any atom is -0.314 e. The van der Waals surface area contributed by atoms with Crippen LogP contribution >= 0.6 is 24.8 Å². The molecule has 0 bridgehead atoms. The lowest BCUT2D eigenvalue weighted by Crippen LogP contribution is -2.46. The molecule has 0 aromatic heterocycles. The summed E-state index contributed by atoms with van der Waals surface area (Å²) < 4.78 is 27.6. The Labute approximate surface area is 138 Å². The molecule has 1 fully saturated rings. The van der Waals surface area contributed by atoms with Crippen molar-refractivity contribution >= 4 is 24.8 Å². The molecule has 1 aliphatic rings. The molecule has 21 heavy (non-hydrogen) atoms.